The molecule has 180 valence electrons. The molecule has 8 nitrogen and oxygen atoms in total. The van der Waals surface area contributed by atoms with E-state index in [0.29, 0.717) is 18.7 Å². The second-order valence-electron chi connectivity index (χ2n) is 7.54. The minimum absolute atomic E-state index is 0. The van der Waals surface area contributed by atoms with Crippen LogP contribution in [0.1, 0.15) is 15.9 Å². The standard InChI is InChI=1S/C24H33N5O3.HI/c1-25-24(27-12-11-26-23(30)19-7-5-4-6-8-19)29-15-13-28(14-16-29)18-20-17-21(31-2)9-10-22(20)32-3;/h4-10,17H,11-16,18H2,1-3H3,(H,25,27)(H,26,30);1H. The van der Waals surface area contributed by atoms with Gasteiger partial charge in [0.2, 0.25) is 0 Å². The van der Waals surface area contributed by atoms with Gasteiger partial charge in [-0.3, -0.25) is 14.7 Å². The number of nitrogens with one attached hydrogen (secondary N) is 2. The molecule has 0 atom stereocenters. The highest BCUT2D eigenvalue weighted by Crippen LogP contribution is 2.25. The third kappa shape index (κ3) is 7.78. The highest BCUT2D eigenvalue weighted by Gasteiger charge is 2.20. The number of carbonyl (C=O) groups is 1. The molecule has 2 aromatic rings. The zero-order chi connectivity index (χ0) is 22.8. The molecule has 1 aliphatic rings. The van der Waals surface area contributed by atoms with E-state index in [1.165, 1.54) is 0 Å². The van der Waals surface area contributed by atoms with E-state index in [1.54, 1.807) is 21.3 Å². The van der Waals surface area contributed by atoms with E-state index in [9.17, 15) is 4.79 Å². The predicted molar refractivity (Wildman–Crippen MR) is 142 cm³/mol. The van der Waals surface area contributed by atoms with Crippen LogP contribution in [0.4, 0.5) is 0 Å². The summed E-state index contributed by atoms with van der Waals surface area (Å²) in [5, 5.41) is 6.28. The topological polar surface area (TPSA) is 78.4 Å². The number of aliphatic imine (C=N–C) groups is 1. The van der Waals surface area contributed by atoms with Gasteiger partial charge in [0.15, 0.2) is 5.96 Å². The maximum absolute atomic E-state index is 12.1. The monoisotopic (exact) mass is 567 g/mol. The van der Waals surface area contributed by atoms with Gasteiger partial charge in [-0.25, -0.2) is 0 Å². The van der Waals surface area contributed by atoms with E-state index < -0.39 is 0 Å². The first-order valence-corrected chi connectivity index (χ1v) is 10.9. The molecule has 0 aliphatic carbocycles. The Morgan fingerprint density at radius 1 is 0.970 bits per heavy atom. The van der Waals surface area contributed by atoms with Crippen LogP contribution in [0.3, 0.4) is 0 Å². The van der Waals surface area contributed by atoms with Crippen molar-refractivity contribution in [3.8, 4) is 11.5 Å². The highest BCUT2D eigenvalue weighted by molar-refractivity contribution is 14.0. The lowest BCUT2D eigenvalue weighted by atomic mass is 10.1. The second kappa shape index (κ2) is 13.9. The summed E-state index contributed by atoms with van der Waals surface area (Å²) >= 11 is 0. The molecule has 2 N–H and O–H groups in total. The Balaban J connectivity index is 0.00000385. The average molecular weight is 567 g/mol. The van der Waals surface area contributed by atoms with E-state index in [0.717, 1.165) is 55.7 Å². The number of ether oxygens (including phenoxy) is 2. The smallest absolute Gasteiger partial charge is 0.251 e. The summed E-state index contributed by atoms with van der Waals surface area (Å²) in [5.41, 5.74) is 1.79. The Labute approximate surface area is 213 Å². The quantitative estimate of drug-likeness (QED) is 0.221. The normalized spacial score (nSPS) is 14.3. The molecule has 9 heteroatoms. The van der Waals surface area contributed by atoms with E-state index in [1.807, 2.05) is 48.5 Å². The molecule has 0 radical (unpaired) electrons. The summed E-state index contributed by atoms with van der Waals surface area (Å²) in [6, 6.07) is 15.1. The first-order valence-electron chi connectivity index (χ1n) is 10.9. The lowest BCUT2D eigenvalue weighted by Crippen LogP contribution is -2.53. The average Bonchev–Trinajstić information content (AvgIpc) is 2.85. The van der Waals surface area contributed by atoms with E-state index in [-0.39, 0.29) is 29.9 Å². The SMILES string of the molecule is CN=C(NCCNC(=O)c1ccccc1)N1CCN(Cc2cc(OC)ccc2OC)CC1.I. The number of hydrogen-bond donors (Lipinski definition) is 2. The van der Waals surface area contributed by atoms with Crippen LogP contribution in [-0.4, -0.2) is 82.2 Å². The fourth-order valence-corrected chi connectivity index (χ4v) is 3.74. The second-order valence-corrected chi connectivity index (χ2v) is 7.54. The number of hydrogen-bond acceptors (Lipinski definition) is 5. The largest absolute Gasteiger partial charge is 0.497 e. The van der Waals surface area contributed by atoms with Gasteiger partial charge in [0.25, 0.3) is 5.91 Å². The molecule has 0 spiro atoms. The van der Waals surface area contributed by atoms with Crippen molar-refractivity contribution in [2.45, 2.75) is 6.54 Å². The number of halogens is 1. The zero-order valence-electron chi connectivity index (χ0n) is 19.5. The van der Waals surface area contributed by atoms with Crippen molar-refractivity contribution in [3.05, 3.63) is 59.7 Å². The van der Waals surface area contributed by atoms with Crippen LogP contribution in [0.25, 0.3) is 0 Å². The fourth-order valence-electron chi connectivity index (χ4n) is 3.74. The molecule has 0 bridgehead atoms. The molecule has 1 aliphatic heterocycles. The Morgan fingerprint density at radius 2 is 1.67 bits per heavy atom. The van der Waals surface area contributed by atoms with Crippen molar-refractivity contribution < 1.29 is 14.3 Å². The van der Waals surface area contributed by atoms with Gasteiger partial charge in [-0.2, -0.15) is 0 Å². The summed E-state index contributed by atoms with van der Waals surface area (Å²) in [4.78, 5) is 21.2. The summed E-state index contributed by atoms with van der Waals surface area (Å²) in [7, 11) is 5.16. The minimum atomic E-state index is -0.0658. The van der Waals surface area contributed by atoms with E-state index >= 15 is 0 Å². The molecular formula is C24H34IN5O3. The number of piperazine rings is 1. The Bertz CT molecular complexity index is 902. The van der Waals surface area contributed by atoms with Gasteiger partial charge in [0.1, 0.15) is 11.5 Å². The van der Waals surface area contributed by atoms with Gasteiger partial charge in [-0.05, 0) is 30.3 Å². The van der Waals surface area contributed by atoms with Crippen LogP contribution >= 0.6 is 24.0 Å². The summed E-state index contributed by atoms with van der Waals surface area (Å²) in [6.07, 6.45) is 0. The lowest BCUT2D eigenvalue weighted by Gasteiger charge is -2.36. The number of rotatable bonds is 8. The number of methoxy groups -OCH3 is 2. The number of nitrogens with zero attached hydrogens (tertiary/aromatic N) is 3. The van der Waals surface area contributed by atoms with Crippen LogP contribution in [0.2, 0.25) is 0 Å². The van der Waals surface area contributed by atoms with Crippen molar-refractivity contribution in [3.63, 3.8) is 0 Å². The first-order chi connectivity index (χ1) is 15.6. The van der Waals surface area contributed by atoms with Crippen molar-refractivity contribution in [1.82, 2.24) is 20.4 Å². The summed E-state index contributed by atoms with van der Waals surface area (Å²) in [5.74, 6) is 2.51. The summed E-state index contributed by atoms with van der Waals surface area (Å²) in [6.45, 7) is 5.56. The van der Waals surface area contributed by atoms with Gasteiger partial charge in [0, 0.05) is 64.0 Å². The third-order valence-corrected chi connectivity index (χ3v) is 5.49. The Kier molecular flexibility index (Phi) is 11.2. The summed E-state index contributed by atoms with van der Waals surface area (Å²) < 4.78 is 10.9. The zero-order valence-corrected chi connectivity index (χ0v) is 21.9. The molecule has 0 unspecified atom stereocenters. The number of guanidine groups is 1. The molecule has 1 heterocycles. The molecule has 2 aromatic carbocycles. The molecule has 3 rings (SSSR count). The fraction of sp³-hybridized carbons (Fsp3) is 0.417. The molecule has 1 saturated heterocycles. The van der Waals surface area contributed by atoms with Crippen LogP contribution in [0, 0.1) is 0 Å². The lowest BCUT2D eigenvalue weighted by molar-refractivity contribution is 0.0954. The van der Waals surface area contributed by atoms with Gasteiger partial charge < -0.3 is 25.0 Å². The predicted octanol–water partition coefficient (Wildman–Crippen LogP) is 2.44. The van der Waals surface area contributed by atoms with Gasteiger partial charge in [-0.15, -0.1) is 24.0 Å². The van der Waals surface area contributed by atoms with Crippen molar-refractivity contribution in [1.29, 1.82) is 0 Å². The molecule has 33 heavy (non-hydrogen) atoms. The van der Waals surface area contributed by atoms with Gasteiger partial charge in [-0.1, -0.05) is 18.2 Å². The number of amides is 1. The minimum Gasteiger partial charge on any atom is -0.497 e. The molecule has 0 saturated carbocycles. The van der Waals surface area contributed by atoms with Crippen LogP contribution < -0.4 is 20.1 Å². The van der Waals surface area contributed by atoms with Crippen LogP contribution in [0.5, 0.6) is 11.5 Å². The molecule has 1 amide bonds. The van der Waals surface area contributed by atoms with Crippen molar-refractivity contribution in [2.24, 2.45) is 4.99 Å². The van der Waals surface area contributed by atoms with Crippen molar-refractivity contribution in [2.75, 3.05) is 60.5 Å². The van der Waals surface area contributed by atoms with E-state index in [2.05, 4.69) is 25.4 Å². The number of carbonyl (C=O) groups excluding carboxylic acids is 1. The van der Waals surface area contributed by atoms with E-state index in [4.69, 9.17) is 9.47 Å². The first kappa shape index (κ1) is 26.7. The third-order valence-electron chi connectivity index (χ3n) is 5.49. The number of benzene rings is 2. The molecule has 0 aromatic heterocycles. The molecular weight excluding hydrogens is 533 g/mol. The Morgan fingerprint density at radius 3 is 2.30 bits per heavy atom. The Hall–Kier alpha value is -2.53. The maximum Gasteiger partial charge on any atom is 0.251 e. The van der Waals surface area contributed by atoms with Crippen LogP contribution in [0.15, 0.2) is 53.5 Å². The van der Waals surface area contributed by atoms with Crippen molar-refractivity contribution >= 4 is 35.8 Å². The van der Waals surface area contributed by atoms with Gasteiger partial charge >= 0.3 is 0 Å². The van der Waals surface area contributed by atoms with Crippen LogP contribution in [-0.2, 0) is 6.54 Å². The maximum atomic E-state index is 12.1. The van der Waals surface area contributed by atoms with Gasteiger partial charge in [0.05, 0.1) is 14.2 Å². The molecule has 1 fully saturated rings. The highest BCUT2D eigenvalue weighted by atomic mass is 127.